The number of benzene rings is 1. The fourth-order valence-corrected chi connectivity index (χ4v) is 3.02. The minimum Gasteiger partial charge on any atom is -0.378 e. The predicted molar refractivity (Wildman–Crippen MR) is 82.8 cm³/mol. The lowest BCUT2D eigenvalue weighted by Gasteiger charge is -2.34. The van der Waals surface area contributed by atoms with Gasteiger partial charge in [-0.15, -0.1) is 0 Å². The van der Waals surface area contributed by atoms with Gasteiger partial charge in [-0.25, -0.2) is 0 Å². The zero-order valence-corrected chi connectivity index (χ0v) is 12.7. The van der Waals surface area contributed by atoms with Crippen LogP contribution in [-0.4, -0.2) is 47.9 Å². The Morgan fingerprint density at radius 2 is 1.95 bits per heavy atom. The Bertz CT molecular complexity index is 606. The minimum atomic E-state index is -0.228. The SMILES string of the molecule is CC(=O)N1C=Cc2ccccc2[C@@H]1CC(=O)N1CCOCC1. The van der Waals surface area contributed by atoms with Gasteiger partial charge in [0, 0.05) is 26.2 Å². The average molecular weight is 300 g/mol. The predicted octanol–water partition coefficient (Wildman–Crippen LogP) is 1.81. The fraction of sp³-hybridized carbons (Fsp3) is 0.412. The Balaban J connectivity index is 1.83. The van der Waals surface area contributed by atoms with Crippen molar-refractivity contribution in [3.8, 4) is 0 Å². The molecule has 22 heavy (non-hydrogen) atoms. The molecule has 2 heterocycles. The van der Waals surface area contributed by atoms with Crippen LogP contribution in [0.2, 0.25) is 0 Å². The van der Waals surface area contributed by atoms with E-state index in [-0.39, 0.29) is 17.9 Å². The smallest absolute Gasteiger partial charge is 0.225 e. The molecule has 0 aromatic heterocycles. The molecule has 0 unspecified atom stereocenters. The van der Waals surface area contributed by atoms with Crippen molar-refractivity contribution in [2.75, 3.05) is 26.3 Å². The first-order valence-electron chi connectivity index (χ1n) is 7.58. The molecule has 0 N–H and O–H groups in total. The van der Waals surface area contributed by atoms with Crippen LogP contribution in [0.5, 0.6) is 0 Å². The molecule has 1 aromatic carbocycles. The third-order valence-corrected chi connectivity index (χ3v) is 4.20. The molecule has 0 spiro atoms. The van der Waals surface area contributed by atoms with Gasteiger partial charge in [-0.3, -0.25) is 9.59 Å². The highest BCUT2D eigenvalue weighted by atomic mass is 16.5. The second-order valence-corrected chi connectivity index (χ2v) is 5.58. The number of morpholine rings is 1. The van der Waals surface area contributed by atoms with Crippen LogP contribution in [0, 0.1) is 0 Å². The van der Waals surface area contributed by atoms with Crippen molar-refractivity contribution >= 4 is 17.9 Å². The number of ether oxygens (including phenoxy) is 1. The second kappa shape index (κ2) is 6.32. The van der Waals surface area contributed by atoms with Crippen LogP contribution in [0.3, 0.4) is 0 Å². The second-order valence-electron chi connectivity index (χ2n) is 5.58. The van der Waals surface area contributed by atoms with E-state index in [0.29, 0.717) is 32.7 Å². The van der Waals surface area contributed by atoms with E-state index >= 15 is 0 Å². The Labute approximate surface area is 130 Å². The van der Waals surface area contributed by atoms with Crippen molar-refractivity contribution in [2.24, 2.45) is 0 Å². The molecule has 5 heteroatoms. The largest absolute Gasteiger partial charge is 0.378 e. The highest BCUT2D eigenvalue weighted by molar-refractivity contribution is 5.82. The van der Waals surface area contributed by atoms with E-state index in [0.717, 1.165) is 11.1 Å². The summed E-state index contributed by atoms with van der Waals surface area (Å²) < 4.78 is 5.29. The highest BCUT2D eigenvalue weighted by Crippen LogP contribution is 2.33. The molecular formula is C17H20N2O3. The Hall–Kier alpha value is -2.14. The van der Waals surface area contributed by atoms with Crippen LogP contribution in [0.25, 0.3) is 6.08 Å². The third-order valence-electron chi connectivity index (χ3n) is 4.20. The molecule has 5 nitrogen and oxygen atoms in total. The lowest BCUT2D eigenvalue weighted by atomic mass is 9.93. The molecule has 2 aliphatic rings. The summed E-state index contributed by atoms with van der Waals surface area (Å²) >= 11 is 0. The highest BCUT2D eigenvalue weighted by Gasteiger charge is 2.30. The van der Waals surface area contributed by atoms with Crippen LogP contribution in [0.4, 0.5) is 0 Å². The first kappa shape index (κ1) is 14.8. The van der Waals surface area contributed by atoms with Gasteiger partial charge in [-0.2, -0.15) is 0 Å². The average Bonchev–Trinajstić information content (AvgIpc) is 2.55. The summed E-state index contributed by atoms with van der Waals surface area (Å²) in [7, 11) is 0. The van der Waals surface area contributed by atoms with Gasteiger partial charge in [0.25, 0.3) is 0 Å². The molecule has 0 radical (unpaired) electrons. The van der Waals surface area contributed by atoms with Crippen LogP contribution >= 0.6 is 0 Å². The normalized spacial score (nSPS) is 20.7. The van der Waals surface area contributed by atoms with Gasteiger partial charge in [-0.1, -0.05) is 24.3 Å². The van der Waals surface area contributed by atoms with E-state index in [4.69, 9.17) is 4.74 Å². The number of hydrogen-bond acceptors (Lipinski definition) is 3. The number of carbonyl (C=O) groups is 2. The molecule has 2 amide bonds. The Morgan fingerprint density at radius 3 is 2.68 bits per heavy atom. The monoisotopic (exact) mass is 300 g/mol. The van der Waals surface area contributed by atoms with Gasteiger partial charge < -0.3 is 14.5 Å². The lowest BCUT2D eigenvalue weighted by Crippen LogP contribution is -2.43. The van der Waals surface area contributed by atoms with Crippen LogP contribution in [0.15, 0.2) is 30.5 Å². The van der Waals surface area contributed by atoms with E-state index in [9.17, 15) is 9.59 Å². The molecule has 1 atom stereocenters. The number of amides is 2. The molecule has 116 valence electrons. The summed E-state index contributed by atoms with van der Waals surface area (Å²) in [4.78, 5) is 27.9. The third kappa shape index (κ3) is 2.90. The molecule has 2 aliphatic heterocycles. The summed E-state index contributed by atoms with van der Waals surface area (Å²) in [5, 5.41) is 0. The fourth-order valence-electron chi connectivity index (χ4n) is 3.02. The quantitative estimate of drug-likeness (QED) is 0.837. The van der Waals surface area contributed by atoms with Crippen LogP contribution in [-0.2, 0) is 14.3 Å². The van der Waals surface area contributed by atoms with Crippen molar-refractivity contribution in [3.05, 3.63) is 41.6 Å². The summed E-state index contributed by atoms with van der Waals surface area (Å²) in [6.07, 6.45) is 4.01. The van der Waals surface area contributed by atoms with Gasteiger partial charge in [0.05, 0.1) is 25.7 Å². The van der Waals surface area contributed by atoms with Gasteiger partial charge in [0.15, 0.2) is 0 Å². The van der Waals surface area contributed by atoms with Gasteiger partial charge in [0.1, 0.15) is 0 Å². The Morgan fingerprint density at radius 1 is 1.23 bits per heavy atom. The van der Waals surface area contributed by atoms with E-state index in [1.54, 1.807) is 11.1 Å². The molecule has 1 fully saturated rings. The number of carbonyl (C=O) groups excluding carboxylic acids is 2. The molecule has 0 saturated carbocycles. The van der Waals surface area contributed by atoms with E-state index in [1.807, 2.05) is 35.2 Å². The van der Waals surface area contributed by atoms with Crippen LogP contribution in [0.1, 0.15) is 30.5 Å². The maximum Gasteiger partial charge on any atom is 0.225 e. The first-order valence-corrected chi connectivity index (χ1v) is 7.58. The van der Waals surface area contributed by atoms with Gasteiger partial charge in [-0.05, 0) is 17.2 Å². The van der Waals surface area contributed by atoms with E-state index < -0.39 is 0 Å². The van der Waals surface area contributed by atoms with Crippen molar-refractivity contribution in [1.82, 2.24) is 9.80 Å². The zero-order valence-electron chi connectivity index (χ0n) is 12.7. The number of nitrogens with zero attached hydrogens (tertiary/aromatic N) is 2. The standard InChI is InChI=1S/C17H20N2O3/c1-13(20)19-7-6-14-4-2-3-5-15(14)16(19)12-17(21)18-8-10-22-11-9-18/h2-7,16H,8-12H2,1H3/t16-/m0/s1. The zero-order chi connectivity index (χ0) is 15.5. The topological polar surface area (TPSA) is 49.9 Å². The molecule has 3 rings (SSSR count). The van der Waals surface area contributed by atoms with E-state index in [2.05, 4.69) is 0 Å². The van der Waals surface area contributed by atoms with Crippen LogP contribution < -0.4 is 0 Å². The first-order chi connectivity index (χ1) is 10.7. The number of hydrogen-bond donors (Lipinski definition) is 0. The molecule has 1 saturated heterocycles. The maximum absolute atomic E-state index is 12.6. The number of rotatable bonds is 2. The lowest BCUT2D eigenvalue weighted by molar-refractivity contribution is -0.137. The maximum atomic E-state index is 12.6. The number of fused-ring (bicyclic) bond motifs is 1. The van der Waals surface area contributed by atoms with Crippen molar-refractivity contribution in [3.63, 3.8) is 0 Å². The molecule has 0 aliphatic carbocycles. The molecular weight excluding hydrogens is 280 g/mol. The summed E-state index contributed by atoms with van der Waals surface area (Å²) in [6, 6.07) is 7.69. The molecule has 1 aromatic rings. The Kier molecular flexibility index (Phi) is 4.24. The van der Waals surface area contributed by atoms with Gasteiger partial charge in [0.2, 0.25) is 11.8 Å². The van der Waals surface area contributed by atoms with Crippen molar-refractivity contribution in [1.29, 1.82) is 0 Å². The molecule has 0 bridgehead atoms. The minimum absolute atomic E-state index is 0.0504. The van der Waals surface area contributed by atoms with E-state index in [1.165, 1.54) is 6.92 Å². The van der Waals surface area contributed by atoms with Gasteiger partial charge >= 0.3 is 0 Å². The summed E-state index contributed by atoms with van der Waals surface area (Å²) in [5.41, 5.74) is 2.10. The van der Waals surface area contributed by atoms with Crippen molar-refractivity contribution < 1.29 is 14.3 Å². The van der Waals surface area contributed by atoms with Crippen molar-refractivity contribution in [2.45, 2.75) is 19.4 Å². The summed E-state index contributed by atoms with van der Waals surface area (Å²) in [6.45, 7) is 3.96. The summed E-state index contributed by atoms with van der Waals surface area (Å²) in [5.74, 6) is 0.0233.